The van der Waals surface area contributed by atoms with Gasteiger partial charge >= 0.3 is 0 Å². The number of rotatable bonds is 6. The smallest absolute Gasteiger partial charge is 0.223 e. The molecule has 1 rings (SSSR count). The second-order valence-electron chi connectivity index (χ2n) is 4.30. The van der Waals surface area contributed by atoms with Crippen molar-refractivity contribution in [3.8, 4) is 0 Å². The molecule has 1 atom stereocenters. The van der Waals surface area contributed by atoms with E-state index in [9.17, 15) is 0 Å². The molecule has 0 spiro atoms. The van der Waals surface area contributed by atoms with Gasteiger partial charge in [-0.1, -0.05) is 27.2 Å². The summed E-state index contributed by atoms with van der Waals surface area (Å²) >= 11 is 0. The van der Waals surface area contributed by atoms with Crippen LogP contribution in [0, 0.1) is 0 Å². The fourth-order valence-corrected chi connectivity index (χ4v) is 1.58. The molecule has 0 bridgehead atoms. The van der Waals surface area contributed by atoms with Crippen LogP contribution < -0.4 is 5.73 Å². The van der Waals surface area contributed by atoms with Gasteiger partial charge in [-0.25, -0.2) is 4.98 Å². The maximum atomic E-state index is 5.71. The first-order valence-electron chi connectivity index (χ1n) is 6.21. The van der Waals surface area contributed by atoms with Gasteiger partial charge in [0, 0.05) is 12.5 Å². The van der Waals surface area contributed by atoms with Crippen LogP contribution in [0.1, 0.15) is 64.2 Å². The van der Waals surface area contributed by atoms with Crippen molar-refractivity contribution in [2.24, 2.45) is 0 Å². The second kappa shape index (κ2) is 6.49. The van der Waals surface area contributed by atoms with Gasteiger partial charge in [-0.15, -0.1) is 0 Å². The molecule has 0 amide bonds. The molecule has 2 N–H and O–H groups in total. The lowest BCUT2D eigenvalue weighted by molar-refractivity contribution is 0.0491. The van der Waals surface area contributed by atoms with E-state index in [2.05, 4.69) is 21.9 Å². The molecule has 1 aromatic heterocycles. The zero-order chi connectivity index (χ0) is 12.8. The van der Waals surface area contributed by atoms with Crippen molar-refractivity contribution in [2.45, 2.75) is 52.6 Å². The normalized spacial score (nSPS) is 13.0. The van der Waals surface area contributed by atoms with Gasteiger partial charge in [0.15, 0.2) is 5.82 Å². The molecule has 0 aliphatic carbocycles. The van der Waals surface area contributed by atoms with Gasteiger partial charge < -0.3 is 10.5 Å². The van der Waals surface area contributed by atoms with Gasteiger partial charge in [-0.2, -0.15) is 9.97 Å². The Kier molecular flexibility index (Phi) is 5.28. The molecule has 0 aliphatic heterocycles. The van der Waals surface area contributed by atoms with Crippen LogP contribution in [-0.2, 0) is 4.74 Å². The van der Waals surface area contributed by atoms with Crippen molar-refractivity contribution in [3.63, 3.8) is 0 Å². The summed E-state index contributed by atoms with van der Waals surface area (Å²) in [4.78, 5) is 12.8. The number of nitrogens with zero attached hydrogens (tertiary/aromatic N) is 3. The fraction of sp³-hybridized carbons (Fsp3) is 0.750. The first-order chi connectivity index (χ1) is 8.08. The lowest BCUT2D eigenvalue weighted by atomic mass is 10.2. The van der Waals surface area contributed by atoms with E-state index in [0.29, 0.717) is 12.4 Å². The minimum Gasteiger partial charge on any atom is -0.371 e. The van der Waals surface area contributed by atoms with E-state index in [4.69, 9.17) is 10.5 Å². The van der Waals surface area contributed by atoms with Gasteiger partial charge in [-0.3, -0.25) is 0 Å². The molecule has 96 valence electrons. The van der Waals surface area contributed by atoms with E-state index in [-0.39, 0.29) is 18.0 Å². The summed E-state index contributed by atoms with van der Waals surface area (Å²) in [6.45, 7) is 8.80. The maximum Gasteiger partial charge on any atom is 0.223 e. The van der Waals surface area contributed by atoms with Crippen molar-refractivity contribution < 1.29 is 4.74 Å². The molecule has 0 aromatic carbocycles. The van der Waals surface area contributed by atoms with Crippen LogP contribution in [0.2, 0.25) is 0 Å². The van der Waals surface area contributed by atoms with Crippen LogP contribution in [-0.4, -0.2) is 21.6 Å². The monoisotopic (exact) mass is 238 g/mol. The van der Waals surface area contributed by atoms with E-state index in [0.717, 1.165) is 18.7 Å². The van der Waals surface area contributed by atoms with E-state index in [1.54, 1.807) is 0 Å². The highest BCUT2D eigenvalue weighted by molar-refractivity contribution is 5.18. The number of nitrogens with two attached hydrogens (primary N) is 1. The molecule has 17 heavy (non-hydrogen) atoms. The highest BCUT2D eigenvalue weighted by Gasteiger charge is 2.17. The molecule has 1 aromatic rings. The molecular formula is C12H22N4O. The van der Waals surface area contributed by atoms with E-state index in [1.165, 1.54) is 0 Å². The Morgan fingerprint density at radius 2 is 1.76 bits per heavy atom. The molecule has 5 nitrogen and oxygen atoms in total. The average Bonchev–Trinajstić information content (AvgIpc) is 2.28. The van der Waals surface area contributed by atoms with Crippen LogP contribution in [0.3, 0.4) is 0 Å². The first-order valence-corrected chi connectivity index (χ1v) is 6.21. The van der Waals surface area contributed by atoms with Crippen LogP contribution >= 0.6 is 0 Å². The Morgan fingerprint density at radius 1 is 1.12 bits per heavy atom. The minimum atomic E-state index is -0.0761. The van der Waals surface area contributed by atoms with Gasteiger partial charge in [-0.05, 0) is 13.3 Å². The summed E-state index contributed by atoms with van der Waals surface area (Å²) in [5.74, 6) is 1.90. The summed E-state index contributed by atoms with van der Waals surface area (Å²) in [6.07, 6.45) is 1.84. The second-order valence-corrected chi connectivity index (χ2v) is 4.30. The summed E-state index contributed by atoms with van der Waals surface area (Å²) in [7, 11) is 0. The zero-order valence-corrected chi connectivity index (χ0v) is 11.1. The van der Waals surface area contributed by atoms with Gasteiger partial charge in [0.1, 0.15) is 11.9 Å². The highest BCUT2D eigenvalue weighted by atomic mass is 16.5. The predicted molar refractivity (Wildman–Crippen MR) is 67.6 cm³/mol. The van der Waals surface area contributed by atoms with Gasteiger partial charge in [0.2, 0.25) is 5.95 Å². The number of nitrogen functional groups attached to an aromatic ring is 1. The number of anilines is 1. The Balaban J connectivity index is 3.00. The minimum absolute atomic E-state index is 0.0761. The number of ether oxygens (including phenoxy) is 1. The Hall–Kier alpha value is -1.23. The highest BCUT2D eigenvalue weighted by Crippen LogP contribution is 2.21. The molecule has 0 radical (unpaired) electrons. The van der Waals surface area contributed by atoms with E-state index < -0.39 is 0 Å². The van der Waals surface area contributed by atoms with Crippen molar-refractivity contribution in [1.82, 2.24) is 15.0 Å². The summed E-state index contributed by atoms with van der Waals surface area (Å²) in [5, 5.41) is 0. The van der Waals surface area contributed by atoms with Crippen LogP contribution in [0.5, 0.6) is 0 Å². The molecule has 0 aliphatic rings. The zero-order valence-electron chi connectivity index (χ0n) is 11.1. The van der Waals surface area contributed by atoms with Crippen molar-refractivity contribution >= 4 is 5.95 Å². The largest absolute Gasteiger partial charge is 0.371 e. The first kappa shape index (κ1) is 13.8. The molecule has 5 heteroatoms. The van der Waals surface area contributed by atoms with Crippen molar-refractivity contribution in [3.05, 3.63) is 11.6 Å². The fourth-order valence-electron chi connectivity index (χ4n) is 1.58. The number of hydrogen-bond donors (Lipinski definition) is 1. The number of hydrogen-bond acceptors (Lipinski definition) is 5. The third-order valence-corrected chi connectivity index (χ3v) is 2.41. The molecule has 0 saturated carbocycles. The van der Waals surface area contributed by atoms with Crippen LogP contribution in [0.25, 0.3) is 0 Å². The van der Waals surface area contributed by atoms with Gasteiger partial charge in [0.25, 0.3) is 0 Å². The topological polar surface area (TPSA) is 73.9 Å². The van der Waals surface area contributed by atoms with Crippen molar-refractivity contribution in [1.29, 1.82) is 0 Å². The Morgan fingerprint density at radius 3 is 2.29 bits per heavy atom. The lowest BCUT2D eigenvalue weighted by Crippen LogP contribution is -2.14. The molecule has 1 heterocycles. The lowest BCUT2D eigenvalue weighted by Gasteiger charge is -2.16. The Bertz CT molecular complexity index is 348. The summed E-state index contributed by atoms with van der Waals surface area (Å²) in [6, 6.07) is 0. The maximum absolute atomic E-state index is 5.71. The molecule has 0 fully saturated rings. The molecule has 0 saturated heterocycles. The van der Waals surface area contributed by atoms with Crippen LogP contribution in [0.4, 0.5) is 5.95 Å². The molecular weight excluding hydrogens is 216 g/mol. The third-order valence-electron chi connectivity index (χ3n) is 2.41. The summed E-state index contributed by atoms with van der Waals surface area (Å²) < 4.78 is 5.65. The van der Waals surface area contributed by atoms with Crippen LogP contribution in [0.15, 0.2) is 0 Å². The van der Waals surface area contributed by atoms with E-state index in [1.807, 2.05) is 20.8 Å². The SMILES string of the molecule is CCCC(OCC)c1nc(N)nc(C(C)C)n1. The average molecular weight is 238 g/mol. The summed E-state index contributed by atoms with van der Waals surface area (Å²) in [5.41, 5.74) is 5.71. The molecule has 1 unspecified atom stereocenters. The third kappa shape index (κ3) is 3.93. The van der Waals surface area contributed by atoms with Crippen molar-refractivity contribution in [2.75, 3.05) is 12.3 Å². The quantitative estimate of drug-likeness (QED) is 0.824. The Labute approximate surface area is 103 Å². The van der Waals surface area contributed by atoms with E-state index >= 15 is 0 Å². The van der Waals surface area contributed by atoms with Gasteiger partial charge in [0.05, 0.1) is 0 Å². The predicted octanol–water partition coefficient (Wildman–Crippen LogP) is 2.45. The number of aromatic nitrogens is 3. The standard InChI is InChI=1S/C12H22N4O/c1-5-7-9(17-6-2)11-14-10(8(3)4)15-12(13)16-11/h8-9H,5-7H2,1-4H3,(H2,13,14,15,16).